The van der Waals surface area contributed by atoms with E-state index in [-0.39, 0.29) is 11.4 Å². The van der Waals surface area contributed by atoms with E-state index in [0.717, 1.165) is 10.8 Å². The van der Waals surface area contributed by atoms with Crippen LogP contribution in [0.2, 0.25) is 0 Å². The van der Waals surface area contributed by atoms with Gasteiger partial charge in [-0.2, -0.15) is 18.3 Å². The maximum absolute atomic E-state index is 11.6. The number of rotatable bonds is 4. The van der Waals surface area contributed by atoms with Gasteiger partial charge in [-0.3, -0.25) is 4.68 Å². The molecule has 0 saturated heterocycles. The van der Waals surface area contributed by atoms with Gasteiger partial charge >= 0.3 is 18.1 Å². The maximum atomic E-state index is 11.6. The van der Waals surface area contributed by atoms with Gasteiger partial charge in [-0.25, -0.2) is 9.59 Å². The van der Waals surface area contributed by atoms with E-state index in [0.29, 0.717) is 34.9 Å². The van der Waals surface area contributed by atoms with Crippen LogP contribution < -0.4 is 5.73 Å². The average Bonchev–Trinajstić information content (AvgIpc) is 2.99. The third kappa shape index (κ3) is 4.95. The second kappa shape index (κ2) is 8.66. The number of aromatic nitrogens is 2. The number of nitrogens with zero attached hydrogens (tertiary/aromatic N) is 2. The number of hydrogen-bond donors (Lipinski definition) is 4. The number of carboxylic acids is 2. The Hall–Kier alpha value is -2.86. The van der Waals surface area contributed by atoms with Gasteiger partial charge in [0.25, 0.3) is 0 Å². The van der Waals surface area contributed by atoms with Gasteiger partial charge in [0.05, 0.1) is 4.47 Å². The molecule has 0 unspecified atom stereocenters. The lowest BCUT2D eigenvalue weighted by Crippen LogP contribution is -2.21. The summed E-state index contributed by atoms with van der Waals surface area (Å²) in [6.07, 6.45) is -4.43. The highest BCUT2D eigenvalue weighted by molar-refractivity contribution is 9.10. The number of halogens is 4. The minimum Gasteiger partial charge on any atom is -0.507 e. The lowest BCUT2D eigenvalue weighted by Gasteiger charge is -2.02. The van der Waals surface area contributed by atoms with E-state index in [1.54, 1.807) is 24.3 Å². The van der Waals surface area contributed by atoms with Gasteiger partial charge in [-0.1, -0.05) is 6.07 Å². The number of carbonyl (C=O) groups is 2. The smallest absolute Gasteiger partial charge is 0.490 e. The summed E-state index contributed by atoms with van der Waals surface area (Å²) in [6.45, 7) is 0.920. The van der Waals surface area contributed by atoms with E-state index < -0.39 is 18.1 Å². The van der Waals surface area contributed by atoms with Gasteiger partial charge in [0, 0.05) is 17.3 Å². The number of carboxylic acid groups (broad SMARTS) is 2. The monoisotopic (exact) mass is 477 g/mol. The predicted octanol–water partition coefficient (Wildman–Crippen LogP) is 3.34. The van der Waals surface area contributed by atoms with Crippen molar-refractivity contribution in [2.75, 3.05) is 6.54 Å². The Kier molecular flexibility index (Phi) is 6.69. The molecule has 1 heterocycles. The largest absolute Gasteiger partial charge is 0.507 e. The molecule has 2 aromatic carbocycles. The van der Waals surface area contributed by atoms with E-state index in [4.69, 9.17) is 15.6 Å². The van der Waals surface area contributed by atoms with Gasteiger partial charge in [0.2, 0.25) is 0 Å². The normalized spacial score (nSPS) is 11.3. The van der Waals surface area contributed by atoms with Crippen molar-refractivity contribution in [2.45, 2.75) is 19.1 Å². The highest BCUT2D eigenvalue weighted by atomic mass is 79.9. The second-order valence-corrected chi connectivity index (χ2v) is 6.66. The fraction of sp³-hybridized carbons (Fsp3) is 0.235. The van der Waals surface area contributed by atoms with Gasteiger partial charge in [0.1, 0.15) is 11.3 Å². The summed E-state index contributed by atoms with van der Waals surface area (Å²) in [5.41, 5.74) is 6.27. The van der Waals surface area contributed by atoms with Crippen molar-refractivity contribution < 1.29 is 38.1 Å². The zero-order chi connectivity index (χ0) is 21.9. The minimum atomic E-state index is -5.08. The summed E-state index contributed by atoms with van der Waals surface area (Å²) in [7, 11) is 0. The molecular formula is C17H15BrF3N3O5. The van der Waals surface area contributed by atoms with Crippen LogP contribution >= 0.6 is 15.9 Å². The SMILES string of the molecule is NCCCn1nc2c(ccc3cc(O)c(Br)cc32)c1C(=O)O.O=C(O)C(F)(F)F. The second-order valence-electron chi connectivity index (χ2n) is 5.81. The fourth-order valence-electron chi connectivity index (χ4n) is 2.56. The molecule has 0 aliphatic heterocycles. The van der Waals surface area contributed by atoms with Crippen LogP contribution in [0.4, 0.5) is 13.2 Å². The van der Waals surface area contributed by atoms with Crippen molar-refractivity contribution in [3.05, 3.63) is 34.4 Å². The molecule has 156 valence electrons. The molecule has 29 heavy (non-hydrogen) atoms. The highest BCUT2D eigenvalue weighted by Crippen LogP contribution is 2.34. The number of hydrogen-bond acceptors (Lipinski definition) is 5. The Morgan fingerprint density at radius 3 is 2.31 bits per heavy atom. The molecule has 3 rings (SSSR count). The molecule has 0 aliphatic carbocycles. The predicted molar refractivity (Wildman–Crippen MR) is 101 cm³/mol. The number of aromatic carboxylic acids is 1. The zero-order valence-electron chi connectivity index (χ0n) is 14.6. The van der Waals surface area contributed by atoms with E-state index >= 15 is 0 Å². The Labute approximate surface area is 169 Å². The van der Waals surface area contributed by atoms with Crippen molar-refractivity contribution in [3.63, 3.8) is 0 Å². The molecule has 0 bridgehead atoms. The fourth-order valence-corrected chi connectivity index (χ4v) is 2.90. The molecule has 12 heteroatoms. The Bertz CT molecular complexity index is 1080. The first-order valence-electron chi connectivity index (χ1n) is 8.02. The number of aryl methyl sites for hydroxylation is 1. The van der Waals surface area contributed by atoms with Crippen LogP contribution in [0.3, 0.4) is 0 Å². The zero-order valence-corrected chi connectivity index (χ0v) is 16.2. The molecule has 0 aliphatic rings. The summed E-state index contributed by atoms with van der Waals surface area (Å²) in [5, 5.41) is 33.0. The molecule has 0 spiro atoms. The van der Waals surface area contributed by atoms with Gasteiger partial charge in [-0.15, -0.1) is 0 Å². The number of benzene rings is 2. The van der Waals surface area contributed by atoms with E-state index in [1.807, 2.05) is 0 Å². The van der Waals surface area contributed by atoms with E-state index in [2.05, 4.69) is 21.0 Å². The molecule has 1 aromatic heterocycles. The van der Waals surface area contributed by atoms with Crippen LogP contribution in [0.1, 0.15) is 16.9 Å². The molecule has 0 atom stereocenters. The van der Waals surface area contributed by atoms with Crippen molar-refractivity contribution in [2.24, 2.45) is 5.73 Å². The van der Waals surface area contributed by atoms with Crippen LogP contribution in [0.15, 0.2) is 28.7 Å². The van der Waals surface area contributed by atoms with Crippen LogP contribution in [0.25, 0.3) is 21.7 Å². The number of aromatic hydroxyl groups is 1. The topological polar surface area (TPSA) is 139 Å². The maximum Gasteiger partial charge on any atom is 0.490 e. The summed E-state index contributed by atoms with van der Waals surface area (Å²) < 4.78 is 33.8. The number of aliphatic carboxylic acids is 1. The molecule has 0 saturated carbocycles. The number of nitrogens with two attached hydrogens (primary N) is 1. The van der Waals surface area contributed by atoms with Gasteiger partial charge in [0.15, 0.2) is 5.69 Å². The number of phenols is 1. The number of alkyl halides is 3. The summed E-state index contributed by atoms with van der Waals surface area (Å²) in [4.78, 5) is 20.5. The Morgan fingerprint density at radius 1 is 1.17 bits per heavy atom. The molecule has 0 fully saturated rings. The lowest BCUT2D eigenvalue weighted by molar-refractivity contribution is -0.192. The van der Waals surface area contributed by atoms with Gasteiger partial charge < -0.3 is 21.1 Å². The van der Waals surface area contributed by atoms with Crippen molar-refractivity contribution >= 4 is 49.5 Å². The van der Waals surface area contributed by atoms with Crippen LogP contribution in [0.5, 0.6) is 5.75 Å². The molecule has 0 amide bonds. The molecule has 0 radical (unpaired) electrons. The first-order valence-corrected chi connectivity index (χ1v) is 8.82. The highest BCUT2D eigenvalue weighted by Gasteiger charge is 2.38. The quantitative estimate of drug-likeness (QED) is 0.451. The molecule has 5 N–H and O–H groups in total. The summed E-state index contributed by atoms with van der Waals surface area (Å²) in [6, 6.07) is 6.88. The van der Waals surface area contributed by atoms with Crippen molar-refractivity contribution in [3.8, 4) is 5.75 Å². The summed E-state index contributed by atoms with van der Waals surface area (Å²) >= 11 is 3.28. The van der Waals surface area contributed by atoms with Crippen LogP contribution in [0, 0.1) is 0 Å². The minimum absolute atomic E-state index is 0.132. The summed E-state index contributed by atoms with van der Waals surface area (Å²) in [5.74, 6) is -3.64. The standard InChI is InChI=1S/C15H14BrN3O3.C2HF3O2/c16-11-7-10-8(6-12(11)20)2-3-9-13(10)18-19(5-1-4-17)14(9)15(21)22;3-2(4,5)1(6)7/h2-3,6-7,20H,1,4-5,17H2,(H,21,22);(H,6,7). The van der Waals surface area contributed by atoms with Crippen LogP contribution in [-0.4, -0.2) is 49.8 Å². The van der Waals surface area contributed by atoms with Crippen molar-refractivity contribution in [1.82, 2.24) is 9.78 Å². The Morgan fingerprint density at radius 2 is 1.79 bits per heavy atom. The molecule has 3 aromatic rings. The number of phenolic OH excluding ortho intramolecular Hbond substituents is 1. The Balaban J connectivity index is 0.000000370. The average molecular weight is 478 g/mol. The van der Waals surface area contributed by atoms with Crippen molar-refractivity contribution in [1.29, 1.82) is 0 Å². The van der Waals surface area contributed by atoms with E-state index in [1.165, 1.54) is 4.68 Å². The first-order chi connectivity index (χ1) is 13.5. The first kappa shape index (κ1) is 22.4. The number of fused-ring (bicyclic) bond motifs is 3. The van der Waals surface area contributed by atoms with Gasteiger partial charge in [-0.05, 0) is 52.5 Å². The van der Waals surface area contributed by atoms with E-state index in [9.17, 15) is 28.2 Å². The lowest BCUT2D eigenvalue weighted by atomic mass is 10.1. The molecular weight excluding hydrogens is 463 g/mol. The molecule has 8 nitrogen and oxygen atoms in total. The third-order valence-electron chi connectivity index (χ3n) is 3.81. The third-order valence-corrected chi connectivity index (χ3v) is 4.45. The van der Waals surface area contributed by atoms with Crippen LogP contribution in [-0.2, 0) is 11.3 Å².